The molecule has 0 bridgehead atoms. The number of rotatable bonds is 1. The standard InChI is InChI=1S/C10H14N4O2/c1-10(2,3)16-9(15)6-7(11)13-14-5-4-12-8(6)14/h4-5,13H,11H2,1-3H3. The van der Waals surface area contributed by atoms with E-state index in [4.69, 9.17) is 10.5 Å². The van der Waals surface area contributed by atoms with E-state index in [9.17, 15) is 4.79 Å². The Kier molecular flexibility index (Phi) is 2.15. The van der Waals surface area contributed by atoms with Crippen molar-refractivity contribution in [3.05, 3.63) is 18.0 Å². The highest BCUT2D eigenvalue weighted by Gasteiger charge is 2.24. The maximum atomic E-state index is 11.9. The molecule has 2 rings (SSSR count). The molecule has 2 aromatic rings. The summed E-state index contributed by atoms with van der Waals surface area (Å²) in [4.78, 5) is 15.9. The molecule has 6 nitrogen and oxygen atoms in total. The van der Waals surface area contributed by atoms with Crippen LogP contribution in [0.3, 0.4) is 0 Å². The molecular weight excluding hydrogens is 208 g/mol. The Labute approximate surface area is 92.4 Å². The van der Waals surface area contributed by atoms with E-state index in [2.05, 4.69) is 10.1 Å². The number of nitrogens with zero attached hydrogens (tertiary/aromatic N) is 2. The minimum atomic E-state index is -0.551. The number of anilines is 1. The average Bonchev–Trinajstić information content (AvgIpc) is 2.58. The van der Waals surface area contributed by atoms with Gasteiger partial charge in [-0.2, -0.15) is 0 Å². The van der Waals surface area contributed by atoms with Crippen molar-refractivity contribution in [3.63, 3.8) is 0 Å². The molecule has 0 aliphatic heterocycles. The quantitative estimate of drug-likeness (QED) is 0.710. The molecule has 0 saturated carbocycles. The van der Waals surface area contributed by atoms with Gasteiger partial charge in [0.1, 0.15) is 17.0 Å². The summed E-state index contributed by atoms with van der Waals surface area (Å²) >= 11 is 0. The van der Waals surface area contributed by atoms with Crippen LogP contribution in [0, 0.1) is 0 Å². The second kappa shape index (κ2) is 3.26. The van der Waals surface area contributed by atoms with E-state index < -0.39 is 11.6 Å². The second-order valence-corrected chi connectivity index (χ2v) is 4.52. The lowest BCUT2D eigenvalue weighted by Crippen LogP contribution is -2.24. The number of fused-ring (bicyclic) bond motifs is 1. The van der Waals surface area contributed by atoms with Gasteiger partial charge in [0.15, 0.2) is 5.65 Å². The van der Waals surface area contributed by atoms with Crippen molar-refractivity contribution >= 4 is 17.4 Å². The molecule has 0 saturated heterocycles. The van der Waals surface area contributed by atoms with Crippen LogP contribution < -0.4 is 5.73 Å². The first-order valence-electron chi connectivity index (χ1n) is 4.92. The van der Waals surface area contributed by atoms with Gasteiger partial charge in [0.2, 0.25) is 0 Å². The number of nitrogen functional groups attached to an aromatic ring is 1. The first-order valence-corrected chi connectivity index (χ1v) is 4.92. The fraction of sp³-hybridized carbons (Fsp3) is 0.400. The van der Waals surface area contributed by atoms with Gasteiger partial charge in [0, 0.05) is 12.4 Å². The average molecular weight is 222 g/mol. The van der Waals surface area contributed by atoms with Crippen LogP contribution in [0.2, 0.25) is 0 Å². The fourth-order valence-electron chi connectivity index (χ4n) is 1.42. The summed E-state index contributed by atoms with van der Waals surface area (Å²) in [5.74, 6) is -0.209. The van der Waals surface area contributed by atoms with Gasteiger partial charge in [-0.3, -0.25) is 5.10 Å². The zero-order valence-corrected chi connectivity index (χ0v) is 9.44. The van der Waals surface area contributed by atoms with Crippen LogP contribution in [0.15, 0.2) is 12.4 Å². The molecule has 0 spiro atoms. The third-order valence-corrected chi connectivity index (χ3v) is 1.98. The zero-order valence-electron chi connectivity index (χ0n) is 9.44. The highest BCUT2D eigenvalue weighted by Crippen LogP contribution is 2.20. The number of hydrogen-bond donors (Lipinski definition) is 2. The van der Waals surface area contributed by atoms with Crippen molar-refractivity contribution in [2.45, 2.75) is 26.4 Å². The van der Waals surface area contributed by atoms with Crippen LogP contribution >= 0.6 is 0 Å². The lowest BCUT2D eigenvalue weighted by atomic mass is 10.2. The molecule has 0 unspecified atom stereocenters. The molecule has 0 fully saturated rings. The predicted octanol–water partition coefficient (Wildman–Crippen LogP) is 1.20. The number of nitrogens with one attached hydrogen (secondary N) is 1. The van der Waals surface area contributed by atoms with Crippen molar-refractivity contribution in [1.82, 2.24) is 14.6 Å². The van der Waals surface area contributed by atoms with Crippen LogP contribution in [0.25, 0.3) is 5.65 Å². The smallest absolute Gasteiger partial charge is 0.346 e. The summed E-state index contributed by atoms with van der Waals surface area (Å²) in [7, 11) is 0. The van der Waals surface area contributed by atoms with E-state index in [0.29, 0.717) is 5.65 Å². The van der Waals surface area contributed by atoms with Crippen LogP contribution in [0.5, 0.6) is 0 Å². The largest absolute Gasteiger partial charge is 0.456 e. The number of hydrogen-bond acceptors (Lipinski definition) is 4. The number of carbonyl (C=O) groups excluding carboxylic acids is 1. The zero-order chi connectivity index (χ0) is 11.9. The lowest BCUT2D eigenvalue weighted by Gasteiger charge is -2.18. The van der Waals surface area contributed by atoms with Crippen molar-refractivity contribution in [1.29, 1.82) is 0 Å². The molecule has 16 heavy (non-hydrogen) atoms. The van der Waals surface area contributed by atoms with E-state index in [-0.39, 0.29) is 11.4 Å². The normalized spacial score (nSPS) is 11.9. The number of H-pyrrole nitrogens is 1. The Morgan fingerprint density at radius 3 is 2.88 bits per heavy atom. The maximum absolute atomic E-state index is 11.9. The van der Waals surface area contributed by atoms with Crippen molar-refractivity contribution in [3.8, 4) is 0 Å². The summed E-state index contributed by atoms with van der Waals surface area (Å²) in [6.45, 7) is 5.41. The Bertz CT molecular complexity index is 532. The van der Waals surface area contributed by atoms with Crippen LogP contribution in [-0.2, 0) is 4.74 Å². The van der Waals surface area contributed by atoms with Crippen LogP contribution in [0.1, 0.15) is 31.1 Å². The Hall–Kier alpha value is -1.98. The molecule has 86 valence electrons. The first-order chi connectivity index (χ1) is 7.38. The topological polar surface area (TPSA) is 85.4 Å². The summed E-state index contributed by atoms with van der Waals surface area (Å²) in [5.41, 5.74) is 5.91. The van der Waals surface area contributed by atoms with Gasteiger partial charge in [-0.1, -0.05) is 0 Å². The van der Waals surface area contributed by atoms with Gasteiger partial charge in [0.25, 0.3) is 0 Å². The van der Waals surface area contributed by atoms with Crippen molar-refractivity contribution in [2.24, 2.45) is 0 Å². The van der Waals surface area contributed by atoms with Gasteiger partial charge >= 0.3 is 5.97 Å². The van der Waals surface area contributed by atoms with Crippen LogP contribution in [0.4, 0.5) is 5.82 Å². The van der Waals surface area contributed by atoms with Gasteiger partial charge in [-0.25, -0.2) is 14.3 Å². The minimum absolute atomic E-state index is 0.261. The minimum Gasteiger partial charge on any atom is -0.456 e. The number of ether oxygens (including phenoxy) is 1. The molecule has 6 heteroatoms. The lowest BCUT2D eigenvalue weighted by molar-refractivity contribution is 0.00728. The van der Waals surface area contributed by atoms with Gasteiger partial charge in [0.05, 0.1) is 0 Å². The number of aromatic nitrogens is 3. The molecular formula is C10H14N4O2. The van der Waals surface area contributed by atoms with Crippen molar-refractivity contribution < 1.29 is 9.53 Å². The number of esters is 1. The van der Waals surface area contributed by atoms with E-state index in [1.54, 1.807) is 37.7 Å². The summed E-state index contributed by atoms with van der Waals surface area (Å²) < 4.78 is 6.83. The van der Waals surface area contributed by atoms with E-state index >= 15 is 0 Å². The molecule has 0 amide bonds. The van der Waals surface area contributed by atoms with Gasteiger partial charge in [-0.05, 0) is 20.8 Å². The summed E-state index contributed by atoms with van der Waals surface area (Å²) in [6, 6.07) is 0. The van der Waals surface area contributed by atoms with Crippen LogP contribution in [-0.4, -0.2) is 26.2 Å². The SMILES string of the molecule is CC(C)(C)OC(=O)c1c(N)[nH]n2ccnc12. The summed E-state index contributed by atoms with van der Waals surface area (Å²) in [6.07, 6.45) is 3.26. The highest BCUT2D eigenvalue weighted by atomic mass is 16.6. The number of aromatic amines is 1. The molecule has 0 atom stereocenters. The maximum Gasteiger partial charge on any atom is 0.346 e. The van der Waals surface area contributed by atoms with Crippen molar-refractivity contribution in [2.75, 3.05) is 5.73 Å². The monoisotopic (exact) mass is 222 g/mol. The van der Waals surface area contributed by atoms with E-state index in [1.165, 1.54) is 0 Å². The molecule has 3 N–H and O–H groups in total. The summed E-state index contributed by atoms with van der Waals surface area (Å²) in [5, 5.41) is 2.80. The molecule has 0 aliphatic carbocycles. The van der Waals surface area contributed by atoms with E-state index in [0.717, 1.165) is 0 Å². The molecule has 2 heterocycles. The van der Waals surface area contributed by atoms with Gasteiger partial charge < -0.3 is 10.5 Å². The third kappa shape index (κ3) is 1.73. The number of nitrogens with two attached hydrogens (primary N) is 1. The second-order valence-electron chi connectivity index (χ2n) is 4.52. The Morgan fingerprint density at radius 2 is 2.25 bits per heavy atom. The predicted molar refractivity (Wildman–Crippen MR) is 59.1 cm³/mol. The highest BCUT2D eigenvalue weighted by molar-refractivity contribution is 6.00. The molecule has 0 aromatic carbocycles. The first kappa shape index (κ1) is 10.5. The number of imidazole rings is 1. The molecule has 0 radical (unpaired) electrons. The van der Waals surface area contributed by atoms with E-state index in [1.807, 2.05) is 0 Å². The Morgan fingerprint density at radius 1 is 1.56 bits per heavy atom. The van der Waals surface area contributed by atoms with Gasteiger partial charge in [-0.15, -0.1) is 0 Å². The number of carbonyl (C=O) groups is 1. The fourth-order valence-corrected chi connectivity index (χ4v) is 1.42. The Balaban J connectivity index is 2.42. The molecule has 0 aliphatic rings. The third-order valence-electron chi connectivity index (χ3n) is 1.98. The molecule has 2 aromatic heterocycles.